The van der Waals surface area contributed by atoms with Gasteiger partial charge in [0, 0.05) is 44.0 Å². The zero-order chi connectivity index (χ0) is 14.5. The molecule has 3 rings (SSSR count). The number of rotatable bonds is 6. The van der Waals surface area contributed by atoms with E-state index < -0.39 is 0 Å². The zero-order valence-corrected chi connectivity index (χ0v) is 13.0. The van der Waals surface area contributed by atoms with Crippen LogP contribution in [0.5, 0.6) is 0 Å². The topological polar surface area (TPSA) is 50.3 Å². The van der Waals surface area contributed by atoms with E-state index in [0.29, 0.717) is 6.04 Å². The first-order chi connectivity index (χ1) is 10.4. The van der Waals surface area contributed by atoms with Crippen molar-refractivity contribution in [3.05, 3.63) is 17.6 Å². The fourth-order valence-electron chi connectivity index (χ4n) is 3.52. The summed E-state index contributed by atoms with van der Waals surface area (Å²) in [4.78, 5) is 11.6. The van der Waals surface area contributed by atoms with Gasteiger partial charge < -0.3 is 15.0 Å². The van der Waals surface area contributed by atoms with E-state index in [1.54, 1.807) is 13.4 Å². The number of methoxy groups -OCH3 is 1. The first-order valence-corrected chi connectivity index (χ1v) is 8.19. The summed E-state index contributed by atoms with van der Waals surface area (Å²) in [5.41, 5.74) is 2.69. The summed E-state index contributed by atoms with van der Waals surface area (Å²) in [7, 11) is 1.75. The second kappa shape index (κ2) is 7.18. The van der Waals surface area contributed by atoms with Crippen molar-refractivity contribution in [3.63, 3.8) is 0 Å². The third kappa shape index (κ3) is 3.35. The first kappa shape index (κ1) is 14.7. The molecular formula is C16H26N4O. The van der Waals surface area contributed by atoms with Crippen LogP contribution in [0.2, 0.25) is 0 Å². The first-order valence-electron chi connectivity index (χ1n) is 8.19. The van der Waals surface area contributed by atoms with Gasteiger partial charge in [-0.05, 0) is 38.5 Å². The Bertz CT molecular complexity index is 466. The van der Waals surface area contributed by atoms with Crippen LogP contribution in [-0.4, -0.2) is 49.4 Å². The Labute approximate surface area is 127 Å². The van der Waals surface area contributed by atoms with Crippen LogP contribution in [0.1, 0.15) is 36.9 Å². The standard InChI is InChI=1S/C16H26N4O/c1-21-10-8-17-11-13-5-4-9-20(13)16-14-6-2-3-7-15(14)18-12-19-16/h12-13,17H,2-11H2,1H3. The molecule has 1 N–H and O–H groups in total. The fraction of sp³-hybridized carbons (Fsp3) is 0.750. The molecule has 0 saturated carbocycles. The predicted octanol–water partition coefficient (Wildman–Crippen LogP) is 1.56. The molecule has 1 aromatic rings. The van der Waals surface area contributed by atoms with Gasteiger partial charge in [-0.3, -0.25) is 0 Å². The second-order valence-electron chi connectivity index (χ2n) is 6.02. The Balaban J connectivity index is 1.70. The van der Waals surface area contributed by atoms with Crippen molar-refractivity contribution >= 4 is 5.82 Å². The molecule has 0 radical (unpaired) electrons. The summed E-state index contributed by atoms with van der Waals surface area (Å²) in [6.07, 6.45) is 9.08. The van der Waals surface area contributed by atoms with E-state index in [4.69, 9.17) is 4.74 Å². The number of fused-ring (bicyclic) bond motifs is 1. The third-order valence-electron chi connectivity index (χ3n) is 4.61. The molecular weight excluding hydrogens is 264 g/mol. The highest BCUT2D eigenvalue weighted by Gasteiger charge is 2.28. The molecule has 1 aliphatic carbocycles. The van der Waals surface area contributed by atoms with Crippen molar-refractivity contribution in [2.75, 3.05) is 38.3 Å². The van der Waals surface area contributed by atoms with E-state index in [1.165, 1.54) is 42.8 Å². The van der Waals surface area contributed by atoms with Gasteiger partial charge in [0.25, 0.3) is 0 Å². The van der Waals surface area contributed by atoms with Crippen molar-refractivity contribution in [3.8, 4) is 0 Å². The van der Waals surface area contributed by atoms with Crippen LogP contribution in [-0.2, 0) is 17.6 Å². The lowest BCUT2D eigenvalue weighted by Crippen LogP contribution is -2.40. The average Bonchev–Trinajstić information content (AvgIpc) is 2.99. The lowest BCUT2D eigenvalue weighted by molar-refractivity contribution is 0.199. The molecule has 0 amide bonds. The SMILES string of the molecule is COCCNCC1CCCN1c1ncnc2c1CCCC2. The summed E-state index contributed by atoms with van der Waals surface area (Å²) in [5.74, 6) is 1.20. The van der Waals surface area contributed by atoms with Gasteiger partial charge in [-0.15, -0.1) is 0 Å². The molecule has 1 unspecified atom stereocenters. The molecule has 0 aromatic carbocycles. The largest absolute Gasteiger partial charge is 0.383 e. The van der Waals surface area contributed by atoms with Gasteiger partial charge in [-0.1, -0.05) is 0 Å². The number of ether oxygens (including phenoxy) is 1. The molecule has 0 spiro atoms. The number of anilines is 1. The zero-order valence-electron chi connectivity index (χ0n) is 13.0. The molecule has 0 bridgehead atoms. The summed E-state index contributed by atoms with van der Waals surface area (Å²) < 4.78 is 5.10. The number of hydrogen-bond acceptors (Lipinski definition) is 5. The van der Waals surface area contributed by atoms with Crippen molar-refractivity contribution < 1.29 is 4.74 Å². The minimum atomic E-state index is 0.558. The van der Waals surface area contributed by atoms with Crippen molar-refractivity contribution in [1.82, 2.24) is 15.3 Å². The van der Waals surface area contributed by atoms with Crippen LogP contribution in [0.25, 0.3) is 0 Å². The molecule has 1 fully saturated rings. The Kier molecular flexibility index (Phi) is 5.04. The summed E-state index contributed by atoms with van der Waals surface area (Å²) >= 11 is 0. The van der Waals surface area contributed by atoms with Gasteiger partial charge in [0.05, 0.1) is 6.61 Å². The minimum absolute atomic E-state index is 0.558. The van der Waals surface area contributed by atoms with Crippen LogP contribution in [0, 0.1) is 0 Å². The normalized spacial score (nSPS) is 21.6. The van der Waals surface area contributed by atoms with Crippen LogP contribution in [0.3, 0.4) is 0 Å². The van der Waals surface area contributed by atoms with Crippen LogP contribution in [0.4, 0.5) is 5.82 Å². The number of nitrogens with zero attached hydrogens (tertiary/aromatic N) is 3. The Morgan fingerprint density at radius 1 is 1.29 bits per heavy atom. The molecule has 116 valence electrons. The number of aryl methyl sites for hydroxylation is 1. The number of nitrogens with one attached hydrogen (secondary N) is 1. The van der Waals surface area contributed by atoms with Crippen molar-refractivity contribution in [1.29, 1.82) is 0 Å². The highest BCUT2D eigenvalue weighted by atomic mass is 16.5. The monoisotopic (exact) mass is 290 g/mol. The molecule has 2 heterocycles. The summed E-state index contributed by atoms with van der Waals surface area (Å²) in [6.45, 7) is 3.83. The van der Waals surface area contributed by atoms with Gasteiger partial charge in [-0.2, -0.15) is 0 Å². The maximum absolute atomic E-state index is 5.10. The quantitative estimate of drug-likeness (QED) is 0.806. The molecule has 1 aromatic heterocycles. The molecule has 5 heteroatoms. The highest BCUT2D eigenvalue weighted by molar-refractivity contribution is 5.51. The van der Waals surface area contributed by atoms with E-state index in [-0.39, 0.29) is 0 Å². The molecule has 1 atom stereocenters. The molecule has 21 heavy (non-hydrogen) atoms. The number of hydrogen-bond donors (Lipinski definition) is 1. The second-order valence-corrected chi connectivity index (χ2v) is 6.02. The molecule has 1 saturated heterocycles. The maximum Gasteiger partial charge on any atom is 0.135 e. The molecule has 2 aliphatic rings. The van der Waals surface area contributed by atoms with Crippen LogP contribution >= 0.6 is 0 Å². The van der Waals surface area contributed by atoms with Crippen molar-refractivity contribution in [2.45, 2.75) is 44.6 Å². The lowest BCUT2D eigenvalue weighted by atomic mass is 9.96. The van der Waals surface area contributed by atoms with Crippen molar-refractivity contribution in [2.24, 2.45) is 0 Å². The van der Waals surface area contributed by atoms with E-state index in [9.17, 15) is 0 Å². The summed E-state index contributed by atoms with van der Waals surface area (Å²) in [5, 5.41) is 3.50. The van der Waals surface area contributed by atoms with Crippen LogP contribution in [0.15, 0.2) is 6.33 Å². The van der Waals surface area contributed by atoms with Gasteiger partial charge in [0.1, 0.15) is 12.1 Å². The van der Waals surface area contributed by atoms with Gasteiger partial charge in [0.2, 0.25) is 0 Å². The van der Waals surface area contributed by atoms with Crippen LogP contribution < -0.4 is 10.2 Å². The predicted molar refractivity (Wildman–Crippen MR) is 83.8 cm³/mol. The Morgan fingerprint density at radius 2 is 2.19 bits per heavy atom. The molecule has 5 nitrogen and oxygen atoms in total. The number of aromatic nitrogens is 2. The molecule has 1 aliphatic heterocycles. The van der Waals surface area contributed by atoms with E-state index in [0.717, 1.165) is 39.1 Å². The third-order valence-corrected chi connectivity index (χ3v) is 4.61. The highest BCUT2D eigenvalue weighted by Crippen LogP contribution is 2.31. The van der Waals surface area contributed by atoms with E-state index in [1.807, 2.05) is 0 Å². The average molecular weight is 290 g/mol. The van der Waals surface area contributed by atoms with E-state index >= 15 is 0 Å². The van der Waals surface area contributed by atoms with Gasteiger partial charge in [0.15, 0.2) is 0 Å². The maximum atomic E-state index is 5.10. The lowest BCUT2D eigenvalue weighted by Gasteiger charge is -2.29. The Morgan fingerprint density at radius 3 is 3.10 bits per heavy atom. The van der Waals surface area contributed by atoms with Gasteiger partial charge in [-0.25, -0.2) is 9.97 Å². The fourth-order valence-corrected chi connectivity index (χ4v) is 3.52. The van der Waals surface area contributed by atoms with Gasteiger partial charge >= 0.3 is 0 Å². The smallest absolute Gasteiger partial charge is 0.135 e. The van der Waals surface area contributed by atoms with E-state index in [2.05, 4.69) is 20.2 Å². The minimum Gasteiger partial charge on any atom is -0.383 e. The Hall–Kier alpha value is -1.20. The summed E-state index contributed by atoms with van der Waals surface area (Å²) in [6, 6.07) is 0.558.